The Hall–Kier alpha value is -4.00. The molecule has 0 saturated heterocycles. The van der Waals surface area contributed by atoms with Crippen LogP contribution in [0.2, 0.25) is 0 Å². The summed E-state index contributed by atoms with van der Waals surface area (Å²) in [5.41, 5.74) is 2.76. The van der Waals surface area contributed by atoms with E-state index in [4.69, 9.17) is 9.84 Å². The first-order valence-electron chi connectivity index (χ1n) is 10.1. The molecule has 1 unspecified atom stereocenters. The predicted octanol–water partition coefficient (Wildman–Crippen LogP) is 5.31. The van der Waals surface area contributed by atoms with Gasteiger partial charge in [-0.3, -0.25) is 19.7 Å². The summed E-state index contributed by atoms with van der Waals surface area (Å²) < 4.78 is 5.76. The van der Waals surface area contributed by atoms with Crippen LogP contribution in [0, 0.1) is 17.0 Å². The summed E-state index contributed by atoms with van der Waals surface area (Å²) in [6, 6.07) is 20.3. The lowest BCUT2D eigenvalue weighted by molar-refractivity contribution is -0.384. The highest BCUT2D eigenvalue weighted by Gasteiger charge is 2.24. The van der Waals surface area contributed by atoms with Crippen molar-refractivity contribution in [3.05, 3.63) is 105 Å². The SMILES string of the molecule is Cc1ccccc1C(CCC(=O)O)C(=O)c1cccc(OCc2cccc([N+](=O)[O-])c2)c1. The number of rotatable bonds is 10. The van der Waals surface area contributed by atoms with Crippen LogP contribution in [0.3, 0.4) is 0 Å². The maximum absolute atomic E-state index is 13.3. The van der Waals surface area contributed by atoms with Gasteiger partial charge in [-0.05, 0) is 42.2 Å². The van der Waals surface area contributed by atoms with Crippen molar-refractivity contribution < 1.29 is 24.4 Å². The van der Waals surface area contributed by atoms with Crippen molar-refractivity contribution in [1.82, 2.24) is 0 Å². The zero-order valence-corrected chi connectivity index (χ0v) is 17.6. The molecular weight excluding hydrogens is 410 g/mol. The molecule has 0 radical (unpaired) electrons. The molecule has 3 aromatic carbocycles. The number of benzene rings is 3. The number of nitro groups is 1. The highest BCUT2D eigenvalue weighted by atomic mass is 16.6. The van der Waals surface area contributed by atoms with Crippen LogP contribution in [0.1, 0.15) is 45.8 Å². The van der Waals surface area contributed by atoms with E-state index in [2.05, 4.69) is 0 Å². The van der Waals surface area contributed by atoms with Crippen molar-refractivity contribution >= 4 is 17.4 Å². The minimum Gasteiger partial charge on any atom is -0.489 e. The Bertz CT molecular complexity index is 1140. The van der Waals surface area contributed by atoms with Gasteiger partial charge in [0, 0.05) is 30.0 Å². The molecule has 0 bridgehead atoms. The molecule has 32 heavy (non-hydrogen) atoms. The third-order valence-corrected chi connectivity index (χ3v) is 5.17. The third kappa shape index (κ3) is 5.78. The Morgan fingerprint density at radius 3 is 2.50 bits per heavy atom. The van der Waals surface area contributed by atoms with E-state index in [0.29, 0.717) is 16.9 Å². The highest BCUT2D eigenvalue weighted by Crippen LogP contribution is 2.29. The van der Waals surface area contributed by atoms with Crippen LogP contribution < -0.4 is 4.74 Å². The Morgan fingerprint density at radius 1 is 1.03 bits per heavy atom. The molecule has 3 aromatic rings. The smallest absolute Gasteiger partial charge is 0.303 e. The molecule has 3 rings (SSSR count). The van der Waals surface area contributed by atoms with E-state index in [1.807, 2.05) is 31.2 Å². The molecule has 0 aliphatic heterocycles. The summed E-state index contributed by atoms with van der Waals surface area (Å²) in [6.07, 6.45) is 0.0749. The number of nitro benzene ring substituents is 1. The second kappa shape index (κ2) is 10.3. The van der Waals surface area contributed by atoms with Crippen LogP contribution >= 0.6 is 0 Å². The van der Waals surface area contributed by atoms with Crippen molar-refractivity contribution in [2.45, 2.75) is 32.3 Å². The number of hydrogen-bond donors (Lipinski definition) is 1. The number of carboxylic acids is 1. The maximum Gasteiger partial charge on any atom is 0.303 e. The summed E-state index contributed by atoms with van der Waals surface area (Å²) in [5.74, 6) is -1.27. The summed E-state index contributed by atoms with van der Waals surface area (Å²) in [6.45, 7) is 2.01. The first-order valence-corrected chi connectivity index (χ1v) is 10.1. The fraction of sp³-hybridized carbons (Fsp3) is 0.200. The summed E-state index contributed by atoms with van der Waals surface area (Å²) in [5, 5.41) is 20.1. The van der Waals surface area contributed by atoms with Gasteiger partial charge in [-0.15, -0.1) is 0 Å². The Morgan fingerprint density at radius 2 is 1.78 bits per heavy atom. The predicted molar refractivity (Wildman–Crippen MR) is 119 cm³/mol. The minimum atomic E-state index is -0.953. The van der Waals surface area contributed by atoms with Crippen molar-refractivity contribution in [2.75, 3.05) is 0 Å². The van der Waals surface area contributed by atoms with Gasteiger partial charge in [-0.2, -0.15) is 0 Å². The topological polar surface area (TPSA) is 107 Å². The summed E-state index contributed by atoms with van der Waals surface area (Å²) >= 11 is 0. The van der Waals surface area contributed by atoms with Crippen LogP contribution in [0.4, 0.5) is 5.69 Å². The molecule has 0 amide bonds. The molecule has 0 heterocycles. The first-order chi connectivity index (χ1) is 15.3. The molecule has 0 aromatic heterocycles. The van der Waals surface area contributed by atoms with E-state index in [1.165, 1.54) is 12.1 Å². The lowest BCUT2D eigenvalue weighted by Crippen LogP contribution is -2.16. The lowest BCUT2D eigenvalue weighted by Gasteiger charge is -2.18. The van der Waals surface area contributed by atoms with Gasteiger partial charge in [0.15, 0.2) is 5.78 Å². The van der Waals surface area contributed by atoms with Crippen molar-refractivity contribution in [1.29, 1.82) is 0 Å². The summed E-state index contributed by atoms with van der Waals surface area (Å²) in [7, 11) is 0. The van der Waals surface area contributed by atoms with E-state index >= 15 is 0 Å². The van der Waals surface area contributed by atoms with E-state index in [9.17, 15) is 19.7 Å². The van der Waals surface area contributed by atoms with Crippen LogP contribution in [-0.2, 0) is 11.4 Å². The normalized spacial score (nSPS) is 11.5. The van der Waals surface area contributed by atoms with Gasteiger partial charge in [-0.25, -0.2) is 0 Å². The van der Waals surface area contributed by atoms with Gasteiger partial charge in [0.25, 0.3) is 5.69 Å². The van der Waals surface area contributed by atoms with Crippen LogP contribution in [0.25, 0.3) is 0 Å². The van der Waals surface area contributed by atoms with Crippen molar-refractivity contribution in [3.63, 3.8) is 0 Å². The molecule has 0 aliphatic carbocycles. The Labute approximate surface area is 185 Å². The quantitative estimate of drug-likeness (QED) is 0.264. The zero-order valence-electron chi connectivity index (χ0n) is 17.6. The molecule has 1 N–H and O–H groups in total. The number of nitrogens with zero attached hydrogens (tertiary/aromatic N) is 1. The molecule has 164 valence electrons. The van der Waals surface area contributed by atoms with E-state index in [1.54, 1.807) is 36.4 Å². The third-order valence-electron chi connectivity index (χ3n) is 5.17. The molecule has 7 nitrogen and oxygen atoms in total. The van der Waals surface area contributed by atoms with Gasteiger partial charge < -0.3 is 9.84 Å². The second-order valence-corrected chi connectivity index (χ2v) is 7.45. The number of carboxylic acid groups (broad SMARTS) is 1. The Kier molecular flexibility index (Phi) is 7.33. The van der Waals surface area contributed by atoms with Crippen molar-refractivity contribution in [2.24, 2.45) is 0 Å². The highest BCUT2D eigenvalue weighted by molar-refractivity contribution is 6.01. The molecule has 0 saturated carbocycles. The maximum atomic E-state index is 13.3. The lowest BCUT2D eigenvalue weighted by atomic mass is 9.85. The minimum absolute atomic E-state index is 0.0190. The van der Waals surface area contributed by atoms with E-state index in [0.717, 1.165) is 11.1 Å². The summed E-state index contributed by atoms with van der Waals surface area (Å²) in [4.78, 5) is 34.9. The zero-order chi connectivity index (χ0) is 23.1. The molecule has 0 fully saturated rings. The first kappa shape index (κ1) is 22.7. The molecule has 1 atom stereocenters. The van der Waals surface area contributed by atoms with Gasteiger partial charge in [0.2, 0.25) is 0 Å². The number of non-ortho nitro benzene ring substituents is 1. The average molecular weight is 433 g/mol. The number of carbonyl (C=O) groups is 2. The van der Waals surface area contributed by atoms with Crippen molar-refractivity contribution in [3.8, 4) is 5.75 Å². The van der Waals surface area contributed by atoms with E-state index < -0.39 is 16.8 Å². The van der Waals surface area contributed by atoms with Gasteiger partial charge >= 0.3 is 5.97 Å². The standard InChI is InChI=1S/C25H23NO6/c1-17-6-2-3-11-22(17)23(12-13-24(27)28)25(29)19-8-5-10-21(15-19)32-16-18-7-4-9-20(14-18)26(30)31/h2-11,14-15,23H,12-13,16H2,1H3,(H,27,28). The van der Waals surface area contributed by atoms with Gasteiger partial charge in [-0.1, -0.05) is 48.5 Å². The average Bonchev–Trinajstić information content (AvgIpc) is 2.79. The number of ketones is 1. The van der Waals surface area contributed by atoms with Crippen LogP contribution in [-0.4, -0.2) is 21.8 Å². The largest absolute Gasteiger partial charge is 0.489 e. The molecule has 7 heteroatoms. The number of aliphatic carboxylic acids is 1. The monoisotopic (exact) mass is 433 g/mol. The molecule has 0 spiro atoms. The van der Waals surface area contributed by atoms with Crippen LogP contribution in [0.5, 0.6) is 5.75 Å². The van der Waals surface area contributed by atoms with E-state index in [-0.39, 0.29) is 30.9 Å². The fourth-order valence-corrected chi connectivity index (χ4v) is 3.54. The number of ether oxygens (including phenoxy) is 1. The second-order valence-electron chi connectivity index (χ2n) is 7.45. The molecule has 0 aliphatic rings. The number of aryl methyl sites for hydroxylation is 1. The number of Topliss-reactive ketones (excluding diaryl/α,β-unsaturated/α-hetero) is 1. The van der Waals surface area contributed by atoms with Gasteiger partial charge in [0.05, 0.1) is 4.92 Å². The number of carbonyl (C=O) groups excluding carboxylic acids is 1. The molecular formula is C25H23NO6. The van der Waals surface area contributed by atoms with Crippen LogP contribution in [0.15, 0.2) is 72.8 Å². The Balaban J connectivity index is 1.80. The van der Waals surface area contributed by atoms with Gasteiger partial charge in [0.1, 0.15) is 12.4 Å². The number of hydrogen-bond acceptors (Lipinski definition) is 5. The fourth-order valence-electron chi connectivity index (χ4n) is 3.54.